The SMILES string of the molecule is NCC(=O)NC(=O)O.O=c1ccc2ccccc2[nH]1. The molecule has 0 unspecified atom stereocenters. The van der Waals surface area contributed by atoms with Gasteiger partial charge in [0.25, 0.3) is 0 Å². The van der Waals surface area contributed by atoms with Gasteiger partial charge in [0.15, 0.2) is 0 Å². The van der Waals surface area contributed by atoms with Gasteiger partial charge in [-0.1, -0.05) is 18.2 Å². The van der Waals surface area contributed by atoms with E-state index in [2.05, 4.69) is 4.98 Å². The summed E-state index contributed by atoms with van der Waals surface area (Å²) in [5, 5.41) is 10.4. The topological polar surface area (TPSA) is 125 Å². The number of para-hydroxylation sites is 1. The number of rotatable bonds is 1. The first-order chi connectivity index (χ1) is 9.02. The molecular formula is C12H13N3O4. The molecule has 0 radical (unpaired) electrons. The molecule has 7 nitrogen and oxygen atoms in total. The Morgan fingerprint density at radius 3 is 2.47 bits per heavy atom. The summed E-state index contributed by atoms with van der Waals surface area (Å²) in [6, 6.07) is 11.0. The van der Waals surface area contributed by atoms with Crippen molar-refractivity contribution in [1.82, 2.24) is 10.3 Å². The van der Waals surface area contributed by atoms with Gasteiger partial charge in [0.2, 0.25) is 11.5 Å². The molecule has 0 aliphatic carbocycles. The second-order valence-electron chi connectivity index (χ2n) is 3.47. The van der Waals surface area contributed by atoms with Crippen LogP contribution in [0.4, 0.5) is 4.79 Å². The van der Waals surface area contributed by atoms with Crippen LogP contribution in [0.2, 0.25) is 0 Å². The van der Waals surface area contributed by atoms with Crippen LogP contribution in [0.25, 0.3) is 10.9 Å². The largest absolute Gasteiger partial charge is 0.465 e. The highest BCUT2D eigenvalue weighted by molar-refractivity contribution is 5.91. The molecule has 1 aromatic carbocycles. The Bertz CT molecular complexity index is 636. The average Bonchev–Trinajstić information content (AvgIpc) is 2.38. The fourth-order valence-corrected chi connectivity index (χ4v) is 1.27. The smallest absolute Gasteiger partial charge is 0.411 e. The van der Waals surface area contributed by atoms with Crippen molar-refractivity contribution in [3.8, 4) is 0 Å². The quantitative estimate of drug-likeness (QED) is 0.587. The van der Waals surface area contributed by atoms with E-state index in [1.807, 2.05) is 30.3 Å². The Hall–Kier alpha value is -2.67. The van der Waals surface area contributed by atoms with Crippen LogP contribution in [0, 0.1) is 0 Å². The minimum absolute atomic E-state index is 0.0521. The summed E-state index contributed by atoms with van der Waals surface area (Å²) in [5.74, 6) is -0.697. The molecule has 2 amide bonds. The van der Waals surface area contributed by atoms with Crippen LogP contribution in [-0.4, -0.2) is 28.6 Å². The highest BCUT2D eigenvalue weighted by Gasteiger charge is 1.99. The second kappa shape index (κ2) is 6.92. The zero-order valence-electron chi connectivity index (χ0n) is 9.92. The molecule has 0 spiro atoms. The van der Waals surface area contributed by atoms with Crippen molar-refractivity contribution in [3.05, 3.63) is 46.8 Å². The maximum Gasteiger partial charge on any atom is 0.411 e. The zero-order chi connectivity index (χ0) is 14.3. The number of amides is 2. The Labute approximate surface area is 108 Å². The van der Waals surface area contributed by atoms with Crippen molar-refractivity contribution in [3.63, 3.8) is 0 Å². The van der Waals surface area contributed by atoms with Crippen LogP contribution in [0.15, 0.2) is 41.2 Å². The lowest BCUT2D eigenvalue weighted by molar-refractivity contribution is -0.118. The van der Waals surface area contributed by atoms with Crippen LogP contribution in [0.3, 0.4) is 0 Å². The number of nitrogens with two attached hydrogens (primary N) is 1. The molecule has 7 heteroatoms. The van der Waals surface area contributed by atoms with E-state index < -0.39 is 12.0 Å². The molecule has 0 bridgehead atoms. The standard InChI is InChI=1S/C9H7NO.C3H6N2O3/c11-9-6-5-7-3-1-2-4-8(7)10-9;4-1-2(6)5-3(7)8/h1-6H,(H,10,11);1,4H2,(H,5,6)(H,7,8). The van der Waals surface area contributed by atoms with Gasteiger partial charge in [-0.25, -0.2) is 4.79 Å². The van der Waals surface area contributed by atoms with E-state index in [9.17, 15) is 14.4 Å². The van der Waals surface area contributed by atoms with E-state index in [0.29, 0.717) is 0 Å². The number of carbonyl (C=O) groups excluding carboxylic acids is 1. The van der Waals surface area contributed by atoms with Crippen LogP contribution in [-0.2, 0) is 4.79 Å². The van der Waals surface area contributed by atoms with Gasteiger partial charge in [0.05, 0.1) is 6.54 Å². The number of aromatic nitrogens is 1. The van der Waals surface area contributed by atoms with E-state index >= 15 is 0 Å². The van der Waals surface area contributed by atoms with Crippen molar-refractivity contribution in [2.24, 2.45) is 5.73 Å². The van der Waals surface area contributed by atoms with Crippen molar-refractivity contribution in [2.45, 2.75) is 0 Å². The van der Waals surface area contributed by atoms with Gasteiger partial charge < -0.3 is 15.8 Å². The monoisotopic (exact) mass is 263 g/mol. The van der Waals surface area contributed by atoms with Crippen LogP contribution in [0.5, 0.6) is 0 Å². The number of hydrogen-bond acceptors (Lipinski definition) is 4. The number of carbonyl (C=O) groups is 2. The van der Waals surface area contributed by atoms with Gasteiger partial charge in [-0.3, -0.25) is 14.9 Å². The first-order valence-electron chi connectivity index (χ1n) is 5.34. The molecule has 0 aliphatic heterocycles. The molecule has 100 valence electrons. The third kappa shape index (κ3) is 5.00. The number of aromatic amines is 1. The van der Waals surface area contributed by atoms with Gasteiger partial charge in [0.1, 0.15) is 0 Å². The van der Waals surface area contributed by atoms with Gasteiger partial charge in [-0.2, -0.15) is 0 Å². The van der Waals surface area contributed by atoms with Gasteiger partial charge >= 0.3 is 6.09 Å². The molecule has 0 saturated heterocycles. The predicted octanol–water partition coefficient (Wildman–Crippen LogP) is 0.267. The number of benzene rings is 1. The van der Waals surface area contributed by atoms with Crippen LogP contribution in [0.1, 0.15) is 0 Å². The maximum atomic E-state index is 10.8. The molecule has 0 atom stereocenters. The summed E-state index contributed by atoms with van der Waals surface area (Å²) in [7, 11) is 0. The van der Waals surface area contributed by atoms with E-state index in [4.69, 9.17) is 10.8 Å². The molecule has 2 rings (SSSR count). The number of H-pyrrole nitrogens is 1. The second-order valence-corrected chi connectivity index (χ2v) is 3.47. The Balaban J connectivity index is 0.000000203. The van der Waals surface area contributed by atoms with Crippen molar-refractivity contribution < 1.29 is 14.7 Å². The van der Waals surface area contributed by atoms with Gasteiger partial charge in [0, 0.05) is 11.6 Å². The number of imide groups is 1. The minimum atomic E-state index is -1.37. The summed E-state index contributed by atoms with van der Waals surface area (Å²) in [5.41, 5.74) is 5.58. The summed E-state index contributed by atoms with van der Waals surface area (Å²) in [6.45, 7) is -0.299. The lowest BCUT2D eigenvalue weighted by Gasteiger charge is -1.93. The summed E-state index contributed by atoms with van der Waals surface area (Å²) < 4.78 is 0. The summed E-state index contributed by atoms with van der Waals surface area (Å²) >= 11 is 0. The average molecular weight is 263 g/mol. The fraction of sp³-hybridized carbons (Fsp3) is 0.0833. The first-order valence-corrected chi connectivity index (χ1v) is 5.34. The van der Waals surface area contributed by atoms with E-state index in [1.165, 1.54) is 6.07 Å². The lowest BCUT2D eigenvalue weighted by atomic mass is 10.2. The number of hydrogen-bond donors (Lipinski definition) is 4. The highest BCUT2D eigenvalue weighted by Crippen LogP contribution is 2.06. The molecule has 5 N–H and O–H groups in total. The number of fused-ring (bicyclic) bond motifs is 1. The zero-order valence-corrected chi connectivity index (χ0v) is 9.92. The van der Waals surface area contributed by atoms with Crippen LogP contribution >= 0.6 is 0 Å². The van der Waals surface area contributed by atoms with E-state index in [1.54, 1.807) is 5.32 Å². The summed E-state index contributed by atoms with van der Waals surface area (Å²) in [6.07, 6.45) is -1.37. The molecule has 0 saturated carbocycles. The Morgan fingerprint density at radius 1 is 1.21 bits per heavy atom. The Kier molecular flexibility index (Phi) is 5.24. The molecule has 2 aromatic rings. The third-order valence-electron chi connectivity index (χ3n) is 2.06. The number of nitrogens with one attached hydrogen (secondary N) is 2. The molecule has 19 heavy (non-hydrogen) atoms. The highest BCUT2D eigenvalue weighted by atomic mass is 16.4. The third-order valence-corrected chi connectivity index (χ3v) is 2.06. The van der Waals surface area contributed by atoms with Gasteiger partial charge in [-0.05, 0) is 17.5 Å². The maximum absolute atomic E-state index is 10.8. The van der Waals surface area contributed by atoms with Crippen molar-refractivity contribution in [1.29, 1.82) is 0 Å². The normalized spacial score (nSPS) is 9.32. The molecule has 0 aliphatic rings. The summed E-state index contributed by atoms with van der Waals surface area (Å²) in [4.78, 5) is 33.1. The molecule has 1 aromatic heterocycles. The van der Waals surface area contributed by atoms with E-state index in [0.717, 1.165) is 10.9 Å². The van der Waals surface area contributed by atoms with Gasteiger partial charge in [-0.15, -0.1) is 0 Å². The number of pyridine rings is 1. The van der Waals surface area contributed by atoms with Crippen molar-refractivity contribution >= 4 is 22.9 Å². The van der Waals surface area contributed by atoms with Crippen molar-refractivity contribution in [2.75, 3.05) is 6.54 Å². The predicted molar refractivity (Wildman–Crippen MR) is 69.8 cm³/mol. The van der Waals surface area contributed by atoms with Crippen LogP contribution < -0.4 is 16.6 Å². The first kappa shape index (κ1) is 14.4. The van der Waals surface area contributed by atoms with E-state index in [-0.39, 0.29) is 12.1 Å². The molecule has 0 fully saturated rings. The minimum Gasteiger partial charge on any atom is -0.465 e. The fourth-order valence-electron chi connectivity index (χ4n) is 1.27. The lowest BCUT2D eigenvalue weighted by Crippen LogP contribution is -2.34. The molecular weight excluding hydrogens is 250 g/mol. The Morgan fingerprint density at radius 2 is 1.89 bits per heavy atom. The molecule has 1 heterocycles. The number of carboxylic acid groups (broad SMARTS) is 1.